The highest BCUT2D eigenvalue weighted by molar-refractivity contribution is 5.26. The van der Waals surface area contributed by atoms with Crippen molar-refractivity contribution in [2.75, 3.05) is 7.05 Å². The average molecular weight is 287 g/mol. The van der Waals surface area contributed by atoms with Crippen LogP contribution >= 0.6 is 0 Å². The van der Waals surface area contributed by atoms with Crippen molar-refractivity contribution in [1.29, 1.82) is 0 Å². The molecule has 0 heterocycles. The van der Waals surface area contributed by atoms with Gasteiger partial charge in [-0.2, -0.15) is 0 Å². The van der Waals surface area contributed by atoms with Gasteiger partial charge in [0.15, 0.2) is 0 Å². The summed E-state index contributed by atoms with van der Waals surface area (Å²) in [7, 11) is 2.13. The monoisotopic (exact) mass is 287 g/mol. The predicted molar refractivity (Wildman–Crippen MR) is 92.6 cm³/mol. The first-order chi connectivity index (χ1) is 10.2. The molecule has 0 aromatic heterocycles. The quantitative estimate of drug-likeness (QED) is 0.753. The van der Waals surface area contributed by atoms with Crippen LogP contribution in [0.5, 0.6) is 0 Å². The Morgan fingerprint density at radius 2 is 1.52 bits per heavy atom. The summed E-state index contributed by atoms with van der Waals surface area (Å²) in [5.74, 6) is 1.55. The Kier molecular flexibility index (Phi) is 6.76. The van der Waals surface area contributed by atoms with E-state index in [4.69, 9.17) is 0 Å². The maximum absolute atomic E-state index is 3.60. The first-order valence-corrected chi connectivity index (χ1v) is 8.97. The van der Waals surface area contributed by atoms with Crippen LogP contribution in [-0.2, 0) is 6.42 Å². The van der Waals surface area contributed by atoms with Gasteiger partial charge in [0.05, 0.1) is 0 Å². The van der Waals surface area contributed by atoms with Gasteiger partial charge in [-0.15, -0.1) is 0 Å². The molecule has 0 aliphatic heterocycles. The van der Waals surface area contributed by atoms with E-state index in [2.05, 4.69) is 50.5 Å². The third-order valence-corrected chi connectivity index (χ3v) is 4.92. The van der Waals surface area contributed by atoms with Crippen LogP contribution in [0, 0.1) is 11.8 Å². The fraction of sp³-hybridized carbons (Fsp3) is 0.700. The lowest BCUT2D eigenvalue weighted by Gasteiger charge is -2.29. The van der Waals surface area contributed by atoms with Gasteiger partial charge in [0.25, 0.3) is 0 Å². The van der Waals surface area contributed by atoms with Gasteiger partial charge < -0.3 is 5.32 Å². The van der Waals surface area contributed by atoms with Crippen molar-refractivity contribution in [3.8, 4) is 0 Å². The highest BCUT2D eigenvalue weighted by atomic mass is 14.9. The van der Waals surface area contributed by atoms with E-state index in [1.54, 1.807) is 0 Å². The minimum Gasteiger partial charge on any atom is -0.313 e. The maximum atomic E-state index is 3.60. The van der Waals surface area contributed by atoms with E-state index in [-0.39, 0.29) is 0 Å². The first-order valence-electron chi connectivity index (χ1n) is 8.97. The zero-order chi connectivity index (χ0) is 15.1. The lowest BCUT2D eigenvalue weighted by molar-refractivity contribution is 0.299. The predicted octanol–water partition coefficient (Wildman–Crippen LogP) is 5.51. The number of hydrogen-bond donors (Lipinski definition) is 1. The molecule has 21 heavy (non-hydrogen) atoms. The number of rotatable bonds is 5. The highest BCUT2D eigenvalue weighted by Gasteiger charge is 2.22. The van der Waals surface area contributed by atoms with Gasteiger partial charge in [-0.1, -0.05) is 70.2 Å². The highest BCUT2D eigenvalue weighted by Crippen LogP contribution is 2.33. The van der Waals surface area contributed by atoms with Gasteiger partial charge in [0, 0.05) is 6.04 Å². The van der Waals surface area contributed by atoms with E-state index < -0.39 is 0 Å². The van der Waals surface area contributed by atoms with E-state index in [1.807, 2.05) is 0 Å². The summed E-state index contributed by atoms with van der Waals surface area (Å²) >= 11 is 0. The van der Waals surface area contributed by atoms with Gasteiger partial charge in [-0.25, -0.2) is 0 Å². The lowest BCUT2D eigenvalue weighted by atomic mass is 9.82. The Bertz CT molecular complexity index is 385. The minimum absolute atomic E-state index is 0.538. The molecule has 2 rings (SSSR count). The van der Waals surface area contributed by atoms with Gasteiger partial charge in [-0.3, -0.25) is 0 Å². The van der Waals surface area contributed by atoms with Crippen molar-refractivity contribution in [3.05, 3.63) is 35.4 Å². The molecule has 0 amide bonds. The van der Waals surface area contributed by atoms with Crippen LogP contribution < -0.4 is 5.32 Å². The summed E-state index contributed by atoms with van der Waals surface area (Å²) in [6, 6.07) is 9.93. The SMILES string of the molecule is CNC(c1ccc(CC(C)C)cc1)C1CCCCCCC1. The molecule has 118 valence electrons. The first kappa shape index (κ1) is 16.5. The molecule has 1 aliphatic rings. The maximum Gasteiger partial charge on any atom is 0.0346 e. The molecular weight excluding hydrogens is 254 g/mol. The van der Waals surface area contributed by atoms with E-state index in [1.165, 1.54) is 62.5 Å². The molecule has 1 unspecified atom stereocenters. The summed E-state index contributed by atoms with van der Waals surface area (Å²) in [4.78, 5) is 0. The molecule has 1 nitrogen and oxygen atoms in total. The fourth-order valence-corrected chi connectivity index (χ4v) is 3.83. The largest absolute Gasteiger partial charge is 0.313 e. The number of benzene rings is 1. The molecule has 0 radical (unpaired) electrons. The Morgan fingerprint density at radius 3 is 2.05 bits per heavy atom. The molecule has 1 fully saturated rings. The van der Waals surface area contributed by atoms with E-state index in [0.717, 1.165) is 11.8 Å². The van der Waals surface area contributed by atoms with Crippen molar-refractivity contribution in [1.82, 2.24) is 5.32 Å². The van der Waals surface area contributed by atoms with Crippen LogP contribution in [0.3, 0.4) is 0 Å². The summed E-state index contributed by atoms with van der Waals surface area (Å²) in [6.45, 7) is 4.58. The van der Waals surface area contributed by atoms with E-state index in [0.29, 0.717) is 6.04 Å². The molecule has 1 aromatic carbocycles. The smallest absolute Gasteiger partial charge is 0.0346 e. The molecule has 1 heteroatoms. The summed E-state index contributed by atoms with van der Waals surface area (Å²) in [5.41, 5.74) is 2.96. The van der Waals surface area contributed by atoms with Crippen molar-refractivity contribution in [3.63, 3.8) is 0 Å². The molecule has 1 atom stereocenters. The minimum atomic E-state index is 0.538. The second-order valence-corrected chi connectivity index (χ2v) is 7.21. The van der Waals surface area contributed by atoms with Gasteiger partial charge >= 0.3 is 0 Å². The Balaban J connectivity index is 2.04. The van der Waals surface area contributed by atoms with E-state index >= 15 is 0 Å². The topological polar surface area (TPSA) is 12.0 Å². The zero-order valence-electron chi connectivity index (χ0n) is 14.2. The van der Waals surface area contributed by atoms with Crippen LogP contribution in [0.25, 0.3) is 0 Å². The Morgan fingerprint density at radius 1 is 0.952 bits per heavy atom. The Hall–Kier alpha value is -0.820. The number of hydrogen-bond acceptors (Lipinski definition) is 1. The summed E-state index contributed by atoms with van der Waals surface area (Å²) in [5, 5.41) is 3.60. The van der Waals surface area contributed by atoms with Crippen molar-refractivity contribution < 1.29 is 0 Å². The lowest BCUT2D eigenvalue weighted by Crippen LogP contribution is -2.26. The molecule has 0 bridgehead atoms. The summed E-state index contributed by atoms with van der Waals surface area (Å²) < 4.78 is 0. The fourth-order valence-electron chi connectivity index (χ4n) is 3.83. The van der Waals surface area contributed by atoms with E-state index in [9.17, 15) is 0 Å². The molecule has 1 saturated carbocycles. The third kappa shape index (κ3) is 5.14. The Labute approximate surface area is 131 Å². The van der Waals surface area contributed by atoms with Gasteiger partial charge in [0.1, 0.15) is 0 Å². The van der Waals surface area contributed by atoms with Crippen molar-refractivity contribution >= 4 is 0 Å². The second kappa shape index (κ2) is 8.58. The van der Waals surface area contributed by atoms with Crippen LogP contribution in [0.4, 0.5) is 0 Å². The van der Waals surface area contributed by atoms with Gasteiger partial charge in [0.2, 0.25) is 0 Å². The number of nitrogens with one attached hydrogen (secondary N) is 1. The van der Waals surface area contributed by atoms with Crippen LogP contribution in [0.2, 0.25) is 0 Å². The molecule has 0 saturated heterocycles. The molecule has 1 aromatic rings. The summed E-state index contributed by atoms with van der Waals surface area (Å²) in [6.07, 6.45) is 11.1. The zero-order valence-corrected chi connectivity index (χ0v) is 14.2. The van der Waals surface area contributed by atoms with Crippen LogP contribution in [-0.4, -0.2) is 7.05 Å². The van der Waals surface area contributed by atoms with Crippen LogP contribution in [0.1, 0.15) is 76.0 Å². The molecule has 1 aliphatic carbocycles. The third-order valence-electron chi connectivity index (χ3n) is 4.92. The van der Waals surface area contributed by atoms with Gasteiger partial charge in [-0.05, 0) is 49.3 Å². The van der Waals surface area contributed by atoms with Crippen molar-refractivity contribution in [2.24, 2.45) is 11.8 Å². The average Bonchev–Trinajstić information content (AvgIpc) is 2.42. The van der Waals surface area contributed by atoms with Crippen molar-refractivity contribution in [2.45, 2.75) is 71.3 Å². The molecule has 0 spiro atoms. The normalized spacial score (nSPS) is 19.2. The van der Waals surface area contributed by atoms with Crippen LogP contribution in [0.15, 0.2) is 24.3 Å². The second-order valence-electron chi connectivity index (χ2n) is 7.21. The standard InChI is InChI=1S/C20H33N/c1-16(2)15-17-11-13-19(14-12-17)20(21-3)18-9-7-5-4-6-8-10-18/h11-14,16,18,20-21H,4-10,15H2,1-3H3. The molecule has 1 N–H and O–H groups in total. The molecular formula is C20H33N.